The number of nitrogens with two attached hydrogens (primary N) is 1. The molecule has 170 valence electrons. The average Bonchev–Trinajstić information content (AvgIpc) is 2.64. The third-order valence-corrected chi connectivity index (χ3v) is 4.41. The van der Waals surface area contributed by atoms with Gasteiger partial charge in [-0.25, -0.2) is 4.79 Å². The van der Waals surface area contributed by atoms with Crippen molar-refractivity contribution < 1.29 is 23.8 Å². The minimum absolute atomic E-state index is 0.0492. The van der Waals surface area contributed by atoms with Gasteiger partial charge in [0.25, 0.3) is 0 Å². The molecule has 0 saturated heterocycles. The zero-order valence-corrected chi connectivity index (χ0v) is 19.3. The number of hydrogen-bond acceptors (Lipinski definition) is 5. The Labute approximate surface area is 177 Å². The molecule has 0 bridgehead atoms. The molecule has 6 heteroatoms. The van der Waals surface area contributed by atoms with Crippen LogP contribution in [0.4, 0.5) is 4.79 Å². The molecule has 0 aromatic rings. The van der Waals surface area contributed by atoms with Crippen LogP contribution in [0.2, 0.25) is 0 Å². The fraction of sp³-hybridized carbons (Fsp3) is 0.826. The summed E-state index contributed by atoms with van der Waals surface area (Å²) in [6.07, 6.45) is 12.1. The number of rotatable bonds is 10. The van der Waals surface area contributed by atoms with E-state index in [2.05, 4.69) is 17.7 Å². The second-order valence-corrected chi connectivity index (χ2v) is 8.47. The number of ether oxygens (including phenoxy) is 3. The number of carbonyl (C=O) groups is 2. The maximum atomic E-state index is 11.8. The zero-order chi connectivity index (χ0) is 22.1. The lowest BCUT2D eigenvalue weighted by atomic mass is 9.90. The molecule has 1 aliphatic rings. The third kappa shape index (κ3) is 18.1. The molecule has 0 aromatic carbocycles. The van der Waals surface area contributed by atoms with Gasteiger partial charge in [0, 0.05) is 12.8 Å². The second kappa shape index (κ2) is 16.1. The summed E-state index contributed by atoms with van der Waals surface area (Å²) in [5, 5.41) is 0. The molecule has 0 aliphatic heterocycles. The Morgan fingerprint density at radius 3 is 2.17 bits per heavy atom. The van der Waals surface area contributed by atoms with Crippen molar-refractivity contribution in [2.24, 2.45) is 11.7 Å². The molecule has 1 amide bonds. The largest absolute Gasteiger partial charge is 0.499 e. The van der Waals surface area contributed by atoms with Crippen LogP contribution in [0, 0.1) is 5.92 Å². The molecule has 6 nitrogen and oxygen atoms in total. The zero-order valence-electron chi connectivity index (χ0n) is 19.3. The van der Waals surface area contributed by atoms with E-state index < -0.39 is 11.7 Å². The Morgan fingerprint density at radius 2 is 1.69 bits per heavy atom. The monoisotopic (exact) mass is 413 g/mol. The van der Waals surface area contributed by atoms with Gasteiger partial charge in [0.05, 0.1) is 19.0 Å². The van der Waals surface area contributed by atoms with Crippen molar-refractivity contribution in [1.29, 1.82) is 0 Å². The number of amides is 1. The predicted molar refractivity (Wildman–Crippen MR) is 116 cm³/mol. The van der Waals surface area contributed by atoms with E-state index in [0.29, 0.717) is 25.6 Å². The summed E-state index contributed by atoms with van der Waals surface area (Å²) in [6, 6.07) is 0. The Hall–Kier alpha value is -1.72. The van der Waals surface area contributed by atoms with Crippen molar-refractivity contribution >= 4 is 12.1 Å². The SMILES string of the molecule is CC(C)(C)OC(N)=O.CCC/C=C(/CCCC(=O)OCC1CCCCC1)OCC. The molecule has 0 atom stereocenters. The van der Waals surface area contributed by atoms with Crippen molar-refractivity contribution in [2.75, 3.05) is 13.2 Å². The molecule has 0 heterocycles. The van der Waals surface area contributed by atoms with Gasteiger partial charge in [-0.2, -0.15) is 0 Å². The first-order valence-electron chi connectivity index (χ1n) is 11.1. The number of primary amides is 1. The molecule has 1 aliphatic carbocycles. The van der Waals surface area contributed by atoms with Gasteiger partial charge in [0.2, 0.25) is 0 Å². The van der Waals surface area contributed by atoms with Crippen LogP contribution in [0.3, 0.4) is 0 Å². The summed E-state index contributed by atoms with van der Waals surface area (Å²) < 4.78 is 15.6. The Bertz CT molecular complexity index is 476. The van der Waals surface area contributed by atoms with Crippen LogP contribution in [0.25, 0.3) is 0 Å². The standard InChI is InChI=1S/C18H32O3.C5H11NO2/c1-3-5-12-17(20-4-2)13-9-14-18(19)21-15-16-10-7-6-8-11-16;1-5(2,3)8-4(6)7/h12,16H,3-11,13-15H2,1-2H3;1-3H3,(H2,6,7)/b17-12-;. The first-order chi connectivity index (χ1) is 13.7. The van der Waals surface area contributed by atoms with Crippen molar-refractivity contribution in [3.63, 3.8) is 0 Å². The molecule has 0 radical (unpaired) electrons. The molecule has 1 saturated carbocycles. The van der Waals surface area contributed by atoms with Crippen LogP contribution < -0.4 is 5.73 Å². The first-order valence-corrected chi connectivity index (χ1v) is 11.1. The molecule has 29 heavy (non-hydrogen) atoms. The van der Waals surface area contributed by atoms with E-state index in [0.717, 1.165) is 31.4 Å². The quantitative estimate of drug-likeness (QED) is 0.357. The number of hydrogen-bond donors (Lipinski definition) is 1. The van der Waals surface area contributed by atoms with E-state index in [4.69, 9.17) is 15.2 Å². The summed E-state index contributed by atoms with van der Waals surface area (Å²) in [7, 11) is 0. The van der Waals surface area contributed by atoms with E-state index in [1.54, 1.807) is 20.8 Å². The van der Waals surface area contributed by atoms with Gasteiger partial charge in [-0.3, -0.25) is 4.79 Å². The highest BCUT2D eigenvalue weighted by Gasteiger charge is 2.15. The van der Waals surface area contributed by atoms with Gasteiger partial charge in [-0.15, -0.1) is 0 Å². The van der Waals surface area contributed by atoms with Crippen LogP contribution in [0.15, 0.2) is 11.8 Å². The number of unbranched alkanes of at least 4 members (excludes halogenated alkanes) is 1. The van der Waals surface area contributed by atoms with Crippen molar-refractivity contribution in [2.45, 2.75) is 104 Å². The van der Waals surface area contributed by atoms with Crippen LogP contribution in [0.5, 0.6) is 0 Å². The van der Waals surface area contributed by atoms with E-state index in [9.17, 15) is 9.59 Å². The van der Waals surface area contributed by atoms with Gasteiger partial charge in [-0.1, -0.05) is 32.6 Å². The van der Waals surface area contributed by atoms with Crippen LogP contribution in [0.1, 0.15) is 98.8 Å². The smallest absolute Gasteiger partial charge is 0.405 e. The molecule has 0 aromatic heterocycles. The van der Waals surface area contributed by atoms with Crippen molar-refractivity contribution in [3.05, 3.63) is 11.8 Å². The summed E-state index contributed by atoms with van der Waals surface area (Å²) in [4.78, 5) is 21.8. The van der Waals surface area contributed by atoms with Crippen LogP contribution in [-0.2, 0) is 19.0 Å². The number of esters is 1. The van der Waals surface area contributed by atoms with Gasteiger partial charge in [0.15, 0.2) is 0 Å². The Kier molecular flexibility index (Phi) is 15.2. The van der Waals surface area contributed by atoms with E-state index in [1.807, 2.05) is 6.92 Å². The predicted octanol–water partition coefficient (Wildman–Crippen LogP) is 5.88. The summed E-state index contributed by atoms with van der Waals surface area (Å²) in [5.74, 6) is 1.58. The molecular formula is C23H43NO5. The summed E-state index contributed by atoms with van der Waals surface area (Å²) >= 11 is 0. The molecular weight excluding hydrogens is 370 g/mol. The Morgan fingerprint density at radius 1 is 1.03 bits per heavy atom. The van der Waals surface area contributed by atoms with Gasteiger partial charge < -0.3 is 19.9 Å². The van der Waals surface area contributed by atoms with Gasteiger partial charge in [0.1, 0.15) is 5.60 Å². The highest BCUT2D eigenvalue weighted by molar-refractivity contribution is 5.69. The maximum absolute atomic E-state index is 11.8. The molecule has 1 rings (SSSR count). The first kappa shape index (κ1) is 27.3. The van der Waals surface area contributed by atoms with Crippen molar-refractivity contribution in [1.82, 2.24) is 0 Å². The lowest BCUT2D eigenvalue weighted by molar-refractivity contribution is -0.145. The van der Waals surface area contributed by atoms with E-state index >= 15 is 0 Å². The Balaban J connectivity index is 0.000000828. The van der Waals surface area contributed by atoms with Gasteiger partial charge in [-0.05, 0) is 65.4 Å². The number of carbonyl (C=O) groups excluding carboxylic acids is 2. The fourth-order valence-corrected chi connectivity index (χ4v) is 3.07. The summed E-state index contributed by atoms with van der Waals surface area (Å²) in [5.41, 5.74) is 4.26. The van der Waals surface area contributed by atoms with Gasteiger partial charge >= 0.3 is 12.1 Å². The van der Waals surface area contributed by atoms with Crippen molar-refractivity contribution in [3.8, 4) is 0 Å². The minimum atomic E-state index is -0.725. The fourth-order valence-electron chi connectivity index (χ4n) is 3.07. The molecule has 2 N–H and O–H groups in total. The third-order valence-electron chi connectivity index (χ3n) is 4.41. The lowest BCUT2D eigenvalue weighted by Crippen LogP contribution is -2.27. The van der Waals surface area contributed by atoms with E-state index in [-0.39, 0.29) is 5.97 Å². The van der Waals surface area contributed by atoms with Crippen LogP contribution >= 0.6 is 0 Å². The normalized spacial score (nSPS) is 15.1. The van der Waals surface area contributed by atoms with E-state index in [1.165, 1.54) is 32.1 Å². The molecule has 1 fully saturated rings. The van der Waals surface area contributed by atoms with Crippen LogP contribution in [-0.4, -0.2) is 30.9 Å². The molecule has 0 unspecified atom stereocenters. The highest BCUT2D eigenvalue weighted by Crippen LogP contribution is 2.23. The summed E-state index contributed by atoms with van der Waals surface area (Å²) in [6.45, 7) is 10.8. The lowest BCUT2D eigenvalue weighted by Gasteiger charge is -2.21. The number of allylic oxidation sites excluding steroid dienone is 2. The highest BCUT2D eigenvalue weighted by atomic mass is 16.6. The minimum Gasteiger partial charge on any atom is -0.499 e. The maximum Gasteiger partial charge on any atom is 0.405 e. The second-order valence-electron chi connectivity index (χ2n) is 8.47. The average molecular weight is 414 g/mol. The molecule has 0 spiro atoms. The topological polar surface area (TPSA) is 87.9 Å².